The maximum absolute atomic E-state index is 12.7. The zero-order chi connectivity index (χ0) is 81.0. The second-order valence-corrected chi connectivity index (χ2v) is 27.7. The number of hydrogen-bond acceptors (Lipinski definition) is 22. The van der Waals surface area contributed by atoms with Crippen LogP contribution in [-0.2, 0) is 9.59 Å². The van der Waals surface area contributed by atoms with Crippen molar-refractivity contribution in [1.82, 2.24) is 49.5 Å². The molecule has 4 saturated heterocycles. The Morgan fingerprint density at radius 1 is 0.530 bits per heavy atom. The number of alkyl halides is 4. The highest BCUT2D eigenvalue weighted by atomic mass is 35.5. The van der Waals surface area contributed by atoms with Crippen LogP contribution in [-0.4, -0.2) is 222 Å². The lowest BCUT2D eigenvalue weighted by molar-refractivity contribution is -0.385. The normalized spacial score (nSPS) is 16.2. The standard InChI is InChI=1S/C28H30FN7O2.C15H11ClN4O2.C13H18FN3O2.C13H20FN3.C12H16FN3O2.3H2S/c1-3-25(37)31-20-5-4-6-23(17-20)38-27-24-11-14-30-26(24)33-28(34-27)32-19-7-9-21(10-8-19)35(2)22-12-15-36(18-22)16-13-29;1-2-12(21)18-9-4-3-5-10(8-9)22-14-11-6-7-17-13(11)19-15(16)20-14;1-15(13-6-8-16(10-13)9-7-14)11-2-4-12(5-3-11)17(18)19;1-16(12-4-2-11(15)3-5-12)13-6-8-17(10-13)9-7-14;13-6-8-15-7-5-11(9-15)14-10-1-3-12(4-2-10)16(17)18;;;/h3-11,14,17,22H,1,12-13,15-16,18H2,2H3,(H,31,37)(H2,30,32,33,34);2-8H,1H2,(H,18,21)(H,17,19,20);2-5,13H,6-10H2,1H3;2-5,13H,6-10,15H2,1H3;1-4,11,14H,5-9H2;3*1H2/t;;2*13-;11-;;;/m..000.../s1. The summed E-state index contributed by atoms with van der Waals surface area (Å²) in [5.74, 6) is 1.52. The Balaban J connectivity index is 0.000000209. The molecule has 6 aromatic carbocycles. The van der Waals surface area contributed by atoms with Gasteiger partial charge in [0, 0.05) is 218 Å². The van der Waals surface area contributed by atoms with Gasteiger partial charge in [-0.15, -0.1) is 0 Å². The van der Waals surface area contributed by atoms with Crippen molar-refractivity contribution in [3.8, 4) is 23.3 Å². The summed E-state index contributed by atoms with van der Waals surface area (Å²) in [4.78, 5) is 81.8. The van der Waals surface area contributed by atoms with Gasteiger partial charge < -0.3 is 61.1 Å². The third-order valence-electron chi connectivity index (χ3n) is 19.7. The second-order valence-electron chi connectivity index (χ2n) is 27.4. The SMILES string of the molecule is C=CC(=O)Nc1cccc(Oc2nc(Cl)nc3[nH]ccc23)c1.C=CC(=O)Nc1cccc(Oc2nc(Nc3ccc(N(C)C4CCN(CCF)C4)cc3)nc3[nH]ccc23)c1.CN(c1ccc(N)cc1)[C@H]1CCN(CCF)C1.CN(c1ccc([N+](=O)[O-])cc1)[C@H]1CCN(CCF)C1.O=[N+]([O-])c1ccc(N[C@H]2CCN(CCF)C2)cc1.S.S.S. The first-order valence-electron chi connectivity index (χ1n) is 37.3. The molecule has 0 radical (unpaired) electrons. The summed E-state index contributed by atoms with van der Waals surface area (Å²) >= 11 is 5.88. The third-order valence-corrected chi connectivity index (χ3v) is 19.9. The average molecular weight is 1690 g/mol. The summed E-state index contributed by atoms with van der Waals surface area (Å²) in [5.41, 5.74) is 14.0. The van der Waals surface area contributed by atoms with Crippen LogP contribution in [0, 0.1) is 20.2 Å². The quantitative estimate of drug-likeness (QED) is 0.00598. The van der Waals surface area contributed by atoms with Crippen molar-refractivity contribution < 1.29 is 46.5 Å². The van der Waals surface area contributed by atoms with E-state index in [1.54, 1.807) is 91.3 Å². The molecule has 0 saturated carbocycles. The summed E-state index contributed by atoms with van der Waals surface area (Å²) in [6.07, 6.45) is 9.99. The Hall–Kier alpha value is -10.9. The monoisotopic (exact) mass is 1690 g/mol. The van der Waals surface area contributed by atoms with Crippen LogP contribution in [0.25, 0.3) is 22.1 Å². The largest absolute Gasteiger partial charge is 0.438 e. The van der Waals surface area contributed by atoms with Gasteiger partial charge in [-0.3, -0.25) is 49.4 Å². The van der Waals surface area contributed by atoms with Crippen LogP contribution >= 0.6 is 52.1 Å². The van der Waals surface area contributed by atoms with Gasteiger partial charge >= 0.3 is 0 Å². The van der Waals surface area contributed by atoms with Crippen molar-refractivity contribution in [2.75, 3.05) is 168 Å². The maximum Gasteiger partial charge on any atom is 0.269 e. The number of nitrogens with two attached hydrogens (primary N) is 1. The molecular weight excluding hydrogens is 1590 g/mol. The van der Waals surface area contributed by atoms with Crippen LogP contribution in [0.3, 0.4) is 0 Å². The molecule has 0 bridgehead atoms. The highest BCUT2D eigenvalue weighted by Gasteiger charge is 2.29. The number of amides is 2. The molecule has 14 rings (SSSR count). The van der Waals surface area contributed by atoms with E-state index in [1.807, 2.05) is 61.6 Å². The van der Waals surface area contributed by atoms with Crippen LogP contribution < -0.4 is 51.2 Å². The summed E-state index contributed by atoms with van der Waals surface area (Å²) in [6, 6.07) is 48.0. The third kappa shape index (κ3) is 27.6. The number of halogens is 5. The molecule has 2 amide bonds. The van der Waals surface area contributed by atoms with Gasteiger partial charge in [-0.1, -0.05) is 25.3 Å². The Kier molecular flexibility index (Phi) is 37.2. The van der Waals surface area contributed by atoms with Crippen molar-refractivity contribution >= 4 is 149 Å². The highest BCUT2D eigenvalue weighted by Crippen LogP contribution is 2.34. The minimum Gasteiger partial charge on any atom is -0.438 e. The van der Waals surface area contributed by atoms with Gasteiger partial charge in [0.25, 0.3) is 11.4 Å². The van der Waals surface area contributed by atoms with Gasteiger partial charge in [-0.05, 0) is 159 Å². The minimum absolute atomic E-state index is 0. The molecule has 0 spiro atoms. The molecule has 10 aromatic rings. The Bertz CT molecular complexity index is 4810. The van der Waals surface area contributed by atoms with E-state index >= 15 is 0 Å². The van der Waals surface area contributed by atoms with Crippen LogP contribution in [0.15, 0.2) is 195 Å². The number of anilines is 9. The second kappa shape index (κ2) is 46.7. The van der Waals surface area contributed by atoms with Gasteiger partial charge in [0.2, 0.25) is 34.8 Å². The van der Waals surface area contributed by atoms with Crippen molar-refractivity contribution in [2.24, 2.45) is 0 Å². The number of H-pyrrole nitrogens is 2. The van der Waals surface area contributed by atoms with E-state index in [4.69, 9.17) is 26.8 Å². The van der Waals surface area contributed by atoms with Crippen LogP contribution in [0.1, 0.15) is 25.7 Å². The molecule has 117 heavy (non-hydrogen) atoms. The van der Waals surface area contributed by atoms with Gasteiger partial charge in [0.05, 0.1) is 20.6 Å². The van der Waals surface area contributed by atoms with E-state index in [9.17, 15) is 47.4 Å². The lowest BCUT2D eigenvalue weighted by Crippen LogP contribution is -2.35. The fraction of sp³-hybridized carbons (Fsp3) is 0.333. The molecule has 28 nitrogen and oxygen atoms in total. The lowest BCUT2D eigenvalue weighted by Gasteiger charge is -2.27. The van der Waals surface area contributed by atoms with E-state index < -0.39 is 9.85 Å². The van der Waals surface area contributed by atoms with Crippen molar-refractivity contribution in [1.29, 1.82) is 0 Å². The topological polar surface area (TPSA) is 319 Å². The predicted molar refractivity (Wildman–Crippen MR) is 473 cm³/mol. The fourth-order valence-electron chi connectivity index (χ4n) is 13.5. The average Bonchev–Trinajstić information content (AvgIpc) is 1.72. The van der Waals surface area contributed by atoms with Crippen molar-refractivity contribution in [3.05, 3.63) is 221 Å². The number of aromatic nitrogens is 6. The van der Waals surface area contributed by atoms with E-state index in [1.165, 1.54) is 42.1 Å². The number of nitro benzene ring substituents is 2. The molecular formula is C81H101ClF4N20O8S3. The molecule has 626 valence electrons. The lowest BCUT2D eigenvalue weighted by atomic mass is 10.2. The molecule has 1 unspecified atom stereocenters. The molecule has 8 heterocycles. The molecule has 4 fully saturated rings. The Labute approximate surface area is 702 Å². The first kappa shape index (κ1) is 93.2. The Morgan fingerprint density at radius 2 is 0.915 bits per heavy atom. The number of nitrogens with one attached hydrogen (secondary N) is 6. The number of carbonyl (C=O) groups is 2. The number of non-ortho nitro benzene ring substituents is 2. The number of ether oxygens (including phenoxy) is 2. The minimum atomic E-state index is -0.414. The molecule has 0 aliphatic carbocycles. The smallest absolute Gasteiger partial charge is 0.269 e. The summed E-state index contributed by atoms with van der Waals surface area (Å²) in [5, 5.41) is 34.6. The molecule has 4 atom stereocenters. The van der Waals surface area contributed by atoms with Gasteiger partial charge in [-0.2, -0.15) is 60.4 Å². The van der Waals surface area contributed by atoms with Crippen LogP contribution in [0.2, 0.25) is 5.28 Å². The fourth-order valence-corrected chi connectivity index (χ4v) is 13.7. The zero-order valence-electron chi connectivity index (χ0n) is 65.2. The van der Waals surface area contributed by atoms with Crippen molar-refractivity contribution in [2.45, 2.75) is 49.9 Å². The van der Waals surface area contributed by atoms with Gasteiger partial charge in [-0.25, -0.2) is 17.6 Å². The zero-order valence-corrected chi connectivity index (χ0v) is 69.0. The first-order valence-corrected chi connectivity index (χ1v) is 37.6. The number of carbonyl (C=O) groups excluding carboxylic acids is 2. The maximum atomic E-state index is 12.7. The summed E-state index contributed by atoms with van der Waals surface area (Å²) in [6.45, 7) is 14.9. The van der Waals surface area contributed by atoms with Crippen molar-refractivity contribution in [3.63, 3.8) is 0 Å². The molecule has 8 N–H and O–H groups in total. The van der Waals surface area contributed by atoms with Gasteiger partial charge in [0.1, 0.15) is 49.5 Å². The molecule has 36 heteroatoms. The number of likely N-dealkylation sites (N-methyl/N-ethyl adjacent to an activating group) is 3. The number of nitro groups is 2. The Morgan fingerprint density at radius 3 is 1.34 bits per heavy atom. The van der Waals surface area contributed by atoms with E-state index in [0.29, 0.717) is 102 Å². The number of aromatic amines is 2. The summed E-state index contributed by atoms with van der Waals surface area (Å²) < 4.78 is 61.3. The predicted octanol–water partition coefficient (Wildman–Crippen LogP) is 14.8. The molecule has 4 aliphatic heterocycles. The number of benzene rings is 6. The van der Waals surface area contributed by atoms with E-state index in [0.717, 1.165) is 112 Å². The van der Waals surface area contributed by atoms with E-state index in [2.05, 4.69) is 113 Å². The highest BCUT2D eigenvalue weighted by molar-refractivity contribution is 7.59. The van der Waals surface area contributed by atoms with Gasteiger partial charge in [0.15, 0.2) is 0 Å². The summed E-state index contributed by atoms with van der Waals surface area (Å²) in [7, 11) is 6.15. The number of nitrogens with zero attached hydrogens (tertiary/aromatic N) is 13. The molecule has 4 aliphatic rings. The first-order chi connectivity index (χ1) is 55.2. The van der Waals surface area contributed by atoms with E-state index in [-0.39, 0.29) is 102 Å². The number of hydrogen-bond donors (Lipinski definition) is 7. The van der Waals surface area contributed by atoms with Crippen LogP contribution in [0.4, 0.5) is 80.4 Å². The molecule has 4 aromatic heterocycles. The number of rotatable bonds is 28. The number of fused-ring (bicyclic) bond motifs is 2. The van der Waals surface area contributed by atoms with Crippen LogP contribution in [0.5, 0.6) is 23.3 Å². The number of nitrogen functional groups attached to an aromatic ring is 1. The number of likely N-dealkylation sites (tertiary alicyclic amines) is 4.